The molecule has 1 saturated heterocycles. The summed E-state index contributed by atoms with van der Waals surface area (Å²) in [6.45, 7) is 5.00. The van der Waals surface area contributed by atoms with Gasteiger partial charge in [-0.25, -0.2) is 14.4 Å². The molecular formula is C15H19FN4O2S. The van der Waals surface area contributed by atoms with Crippen LogP contribution in [0.3, 0.4) is 0 Å². The van der Waals surface area contributed by atoms with Gasteiger partial charge in [-0.15, -0.1) is 11.3 Å². The summed E-state index contributed by atoms with van der Waals surface area (Å²) in [6.07, 6.45) is 0.792. The molecule has 0 spiro atoms. The number of hydrogen-bond acceptors (Lipinski definition) is 6. The van der Waals surface area contributed by atoms with Crippen molar-refractivity contribution in [2.75, 3.05) is 13.1 Å². The molecule has 23 heavy (non-hydrogen) atoms. The van der Waals surface area contributed by atoms with E-state index in [1.807, 2.05) is 17.2 Å². The Morgan fingerprint density at radius 1 is 1.57 bits per heavy atom. The quantitative estimate of drug-likeness (QED) is 0.904. The number of nitrogens with one attached hydrogen (secondary N) is 1. The third-order valence-electron chi connectivity index (χ3n) is 3.97. The lowest BCUT2D eigenvalue weighted by molar-refractivity contribution is 0.0934. The van der Waals surface area contributed by atoms with Crippen LogP contribution in [-0.4, -0.2) is 46.1 Å². The van der Waals surface area contributed by atoms with Crippen molar-refractivity contribution in [3.05, 3.63) is 33.9 Å². The van der Waals surface area contributed by atoms with Crippen molar-refractivity contribution in [2.45, 2.75) is 39.0 Å². The third kappa shape index (κ3) is 3.76. The first-order valence-electron chi connectivity index (χ1n) is 7.50. The second-order valence-corrected chi connectivity index (χ2v) is 6.80. The molecule has 0 unspecified atom stereocenters. The first-order valence-corrected chi connectivity index (χ1v) is 8.38. The average molecular weight is 338 g/mol. The number of aryl methyl sites for hydroxylation is 2. The molecule has 2 atom stereocenters. The van der Waals surface area contributed by atoms with E-state index in [1.165, 1.54) is 6.39 Å². The average Bonchev–Trinajstić information content (AvgIpc) is 3.18. The maximum absolute atomic E-state index is 13.8. The number of likely N-dealkylation sites (tertiary alicyclic amines) is 1. The van der Waals surface area contributed by atoms with Crippen molar-refractivity contribution in [2.24, 2.45) is 0 Å². The van der Waals surface area contributed by atoms with Gasteiger partial charge in [0.25, 0.3) is 5.91 Å². The van der Waals surface area contributed by atoms with Crippen molar-refractivity contribution in [3.63, 3.8) is 0 Å². The van der Waals surface area contributed by atoms with Crippen LogP contribution < -0.4 is 5.32 Å². The van der Waals surface area contributed by atoms with Gasteiger partial charge in [0.1, 0.15) is 11.9 Å². The van der Waals surface area contributed by atoms with E-state index in [9.17, 15) is 9.18 Å². The molecule has 1 N–H and O–H groups in total. The highest BCUT2D eigenvalue weighted by molar-refractivity contribution is 7.09. The molecule has 0 aromatic carbocycles. The lowest BCUT2D eigenvalue weighted by atomic mass is 10.2. The van der Waals surface area contributed by atoms with Crippen LogP contribution >= 0.6 is 11.3 Å². The Labute approximate surface area is 137 Å². The molecule has 3 rings (SSSR count). The number of carbonyl (C=O) groups is 1. The van der Waals surface area contributed by atoms with Crippen LogP contribution in [0.15, 0.2) is 16.2 Å². The van der Waals surface area contributed by atoms with E-state index in [1.54, 1.807) is 18.3 Å². The smallest absolute Gasteiger partial charge is 0.273 e. The summed E-state index contributed by atoms with van der Waals surface area (Å²) >= 11 is 1.59. The molecular weight excluding hydrogens is 319 g/mol. The molecule has 0 aliphatic carbocycles. The molecule has 8 heteroatoms. The summed E-state index contributed by atoms with van der Waals surface area (Å²) in [4.78, 5) is 22.4. The van der Waals surface area contributed by atoms with Gasteiger partial charge < -0.3 is 9.73 Å². The lowest BCUT2D eigenvalue weighted by Crippen LogP contribution is -2.40. The number of rotatable bonds is 5. The van der Waals surface area contributed by atoms with E-state index < -0.39 is 6.17 Å². The van der Waals surface area contributed by atoms with Gasteiger partial charge in [-0.05, 0) is 20.3 Å². The summed E-state index contributed by atoms with van der Waals surface area (Å²) in [5.74, 6) is 0.190. The van der Waals surface area contributed by atoms with Crippen molar-refractivity contribution in [1.29, 1.82) is 0 Å². The number of aromatic nitrogens is 2. The predicted octanol–water partition coefficient (Wildman–Crippen LogP) is 2.09. The number of halogens is 1. The Bertz CT molecular complexity index is 687. The van der Waals surface area contributed by atoms with Crippen LogP contribution in [0.4, 0.5) is 4.39 Å². The number of alkyl halides is 1. The zero-order valence-corrected chi connectivity index (χ0v) is 13.9. The van der Waals surface area contributed by atoms with Gasteiger partial charge in [0.05, 0.1) is 10.7 Å². The third-order valence-corrected chi connectivity index (χ3v) is 4.79. The SMILES string of the molecule is Cc1nc(CN2C[C@@H](F)C[C@H]2CNC(=O)c2ncoc2C)cs1. The standard InChI is InChI=1S/C15H19FN4O2S/c1-9-14(18-8-22-9)15(21)17-4-13-3-11(16)5-20(13)6-12-7-23-10(2)19-12/h7-8,11,13H,3-6H2,1-2H3,(H,17,21)/t11-,13-/m0/s1. The maximum atomic E-state index is 13.8. The molecule has 0 bridgehead atoms. The second-order valence-electron chi connectivity index (χ2n) is 5.74. The van der Waals surface area contributed by atoms with Gasteiger partial charge in [-0.1, -0.05) is 0 Å². The molecule has 2 aromatic rings. The van der Waals surface area contributed by atoms with E-state index in [-0.39, 0.29) is 17.6 Å². The number of oxazole rings is 1. The monoisotopic (exact) mass is 338 g/mol. The minimum Gasteiger partial charge on any atom is -0.448 e. The van der Waals surface area contributed by atoms with E-state index >= 15 is 0 Å². The number of nitrogens with zero attached hydrogens (tertiary/aromatic N) is 3. The van der Waals surface area contributed by atoms with E-state index in [0.717, 1.165) is 10.7 Å². The second kappa shape index (κ2) is 6.76. The highest BCUT2D eigenvalue weighted by atomic mass is 32.1. The van der Waals surface area contributed by atoms with E-state index in [4.69, 9.17) is 4.42 Å². The van der Waals surface area contributed by atoms with E-state index in [0.29, 0.717) is 31.8 Å². The highest BCUT2D eigenvalue weighted by Gasteiger charge is 2.32. The zero-order valence-electron chi connectivity index (χ0n) is 13.1. The Morgan fingerprint density at radius 2 is 2.39 bits per heavy atom. The van der Waals surface area contributed by atoms with Gasteiger partial charge in [0.15, 0.2) is 12.1 Å². The van der Waals surface area contributed by atoms with Gasteiger partial charge >= 0.3 is 0 Å². The molecule has 2 aromatic heterocycles. The van der Waals surface area contributed by atoms with Crippen LogP contribution in [0.25, 0.3) is 0 Å². The number of amides is 1. The maximum Gasteiger partial charge on any atom is 0.273 e. The summed E-state index contributed by atoms with van der Waals surface area (Å²) in [5.41, 5.74) is 1.23. The largest absolute Gasteiger partial charge is 0.448 e. The zero-order chi connectivity index (χ0) is 16.4. The molecule has 124 valence electrons. The molecule has 1 amide bonds. The normalized spacial score (nSPS) is 21.7. The molecule has 0 radical (unpaired) electrons. The van der Waals surface area contributed by atoms with Crippen LogP contribution in [0.5, 0.6) is 0 Å². The summed E-state index contributed by atoms with van der Waals surface area (Å²) in [7, 11) is 0. The highest BCUT2D eigenvalue weighted by Crippen LogP contribution is 2.23. The Morgan fingerprint density at radius 3 is 3.04 bits per heavy atom. The number of hydrogen-bond donors (Lipinski definition) is 1. The number of carbonyl (C=O) groups excluding carboxylic acids is 1. The first-order chi connectivity index (χ1) is 11.0. The lowest BCUT2D eigenvalue weighted by Gasteiger charge is -2.23. The van der Waals surface area contributed by atoms with E-state index in [2.05, 4.69) is 15.3 Å². The van der Waals surface area contributed by atoms with Gasteiger partial charge in [-0.3, -0.25) is 9.69 Å². The van der Waals surface area contributed by atoms with Crippen LogP contribution in [0.1, 0.15) is 33.4 Å². The molecule has 1 aliphatic heterocycles. The van der Waals surface area contributed by atoms with Crippen LogP contribution in [-0.2, 0) is 6.54 Å². The van der Waals surface area contributed by atoms with Crippen molar-refractivity contribution >= 4 is 17.2 Å². The van der Waals surface area contributed by atoms with Crippen molar-refractivity contribution in [1.82, 2.24) is 20.2 Å². The van der Waals surface area contributed by atoms with Gasteiger partial charge in [0, 0.05) is 31.1 Å². The predicted molar refractivity (Wildman–Crippen MR) is 84.1 cm³/mol. The van der Waals surface area contributed by atoms with Gasteiger partial charge in [-0.2, -0.15) is 0 Å². The Balaban J connectivity index is 1.59. The Kier molecular flexibility index (Phi) is 4.72. The topological polar surface area (TPSA) is 71.3 Å². The minimum absolute atomic E-state index is 0.0387. The van der Waals surface area contributed by atoms with Crippen molar-refractivity contribution in [3.8, 4) is 0 Å². The Hall–Kier alpha value is -1.80. The van der Waals surface area contributed by atoms with Gasteiger partial charge in [0.2, 0.25) is 0 Å². The fourth-order valence-electron chi connectivity index (χ4n) is 2.83. The fourth-order valence-corrected chi connectivity index (χ4v) is 3.44. The summed E-state index contributed by atoms with van der Waals surface area (Å²) in [6, 6.07) is -0.0387. The molecule has 3 heterocycles. The molecule has 1 fully saturated rings. The molecule has 0 saturated carbocycles. The fraction of sp³-hybridized carbons (Fsp3) is 0.533. The summed E-state index contributed by atoms with van der Waals surface area (Å²) < 4.78 is 18.8. The molecule has 6 nitrogen and oxygen atoms in total. The van der Waals surface area contributed by atoms with Crippen LogP contribution in [0, 0.1) is 13.8 Å². The summed E-state index contributed by atoms with van der Waals surface area (Å²) in [5, 5.41) is 5.82. The first kappa shape index (κ1) is 16.1. The number of thiazole rings is 1. The molecule has 1 aliphatic rings. The minimum atomic E-state index is -0.870. The van der Waals surface area contributed by atoms with Crippen molar-refractivity contribution < 1.29 is 13.6 Å². The van der Waals surface area contributed by atoms with Crippen LogP contribution in [0.2, 0.25) is 0 Å².